The number of carbonyl (C=O) groups excluding carboxylic acids is 3. The molecule has 2 aromatic rings. The van der Waals surface area contributed by atoms with Gasteiger partial charge in [-0.2, -0.15) is 0 Å². The SMILES string of the molecule is O=C(Nc1ccccc1C(=O)OCC(=O)N1CCCCCCC1)c1cccs1. The molecule has 2 amide bonds. The minimum absolute atomic E-state index is 0.171. The molecule has 0 saturated carbocycles. The van der Waals surface area contributed by atoms with Gasteiger partial charge < -0.3 is 15.0 Å². The van der Waals surface area contributed by atoms with Crippen LogP contribution in [0.2, 0.25) is 0 Å². The van der Waals surface area contributed by atoms with Crippen molar-refractivity contribution < 1.29 is 19.1 Å². The van der Waals surface area contributed by atoms with Crippen LogP contribution in [-0.2, 0) is 9.53 Å². The van der Waals surface area contributed by atoms with E-state index < -0.39 is 5.97 Å². The molecule has 0 spiro atoms. The Hall–Kier alpha value is -2.67. The van der Waals surface area contributed by atoms with Crippen LogP contribution in [0.3, 0.4) is 0 Å². The van der Waals surface area contributed by atoms with Crippen molar-refractivity contribution >= 4 is 34.8 Å². The summed E-state index contributed by atoms with van der Waals surface area (Å²) in [4.78, 5) is 39.5. The Morgan fingerprint density at radius 3 is 2.39 bits per heavy atom. The van der Waals surface area contributed by atoms with E-state index in [1.807, 2.05) is 5.38 Å². The first-order valence-electron chi connectivity index (χ1n) is 9.54. The summed E-state index contributed by atoms with van der Waals surface area (Å²) in [6.07, 6.45) is 5.43. The van der Waals surface area contributed by atoms with Crippen LogP contribution < -0.4 is 5.32 Å². The molecule has 0 unspecified atom stereocenters. The molecule has 3 rings (SSSR count). The number of rotatable bonds is 5. The lowest BCUT2D eigenvalue weighted by molar-refractivity contribution is -0.134. The van der Waals surface area contributed by atoms with Gasteiger partial charge in [0.15, 0.2) is 6.61 Å². The highest BCUT2D eigenvalue weighted by molar-refractivity contribution is 7.12. The number of esters is 1. The predicted molar refractivity (Wildman–Crippen MR) is 109 cm³/mol. The van der Waals surface area contributed by atoms with E-state index in [1.54, 1.807) is 41.3 Å². The van der Waals surface area contributed by atoms with Crippen LogP contribution in [0, 0.1) is 0 Å². The third kappa shape index (κ3) is 5.42. The smallest absolute Gasteiger partial charge is 0.340 e. The molecule has 6 nitrogen and oxygen atoms in total. The topological polar surface area (TPSA) is 75.7 Å². The number of thiophene rings is 1. The van der Waals surface area contributed by atoms with Gasteiger partial charge in [0.05, 0.1) is 16.1 Å². The lowest BCUT2D eigenvalue weighted by atomic mass is 10.1. The van der Waals surface area contributed by atoms with Crippen LogP contribution in [0.1, 0.15) is 52.1 Å². The lowest BCUT2D eigenvalue weighted by Crippen LogP contribution is -2.37. The molecule has 1 aromatic heterocycles. The third-order valence-corrected chi connectivity index (χ3v) is 5.54. The number of benzene rings is 1. The van der Waals surface area contributed by atoms with Gasteiger partial charge in [-0.25, -0.2) is 4.79 Å². The van der Waals surface area contributed by atoms with E-state index in [2.05, 4.69) is 5.32 Å². The first kappa shape index (κ1) is 20.1. The van der Waals surface area contributed by atoms with E-state index in [9.17, 15) is 14.4 Å². The standard InChI is InChI=1S/C21H24N2O4S/c24-19(23-12-6-2-1-3-7-13-23)15-27-21(26)16-9-4-5-10-17(16)22-20(25)18-11-8-14-28-18/h4-5,8-11,14H,1-3,6-7,12-13,15H2,(H,22,25). The maximum Gasteiger partial charge on any atom is 0.340 e. The molecule has 1 aliphatic heterocycles. The van der Waals surface area contributed by atoms with Gasteiger partial charge in [0.2, 0.25) is 0 Å². The number of amides is 2. The Labute approximate surface area is 168 Å². The average molecular weight is 401 g/mol. The Morgan fingerprint density at radius 2 is 1.68 bits per heavy atom. The lowest BCUT2D eigenvalue weighted by Gasteiger charge is -2.24. The number of nitrogens with one attached hydrogen (secondary N) is 1. The summed E-state index contributed by atoms with van der Waals surface area (Å²) < 4.78 is 5.25. The Kier molecular flexibility index (Phi) is 7.19. The number of carbonyl (C=O) groups is 3. The molecular weight excluding hydrogens is 376 g/mol. The molecule has 148 valence electrons. The molecule has 1 saturated heterocycles. The fourth-order valence-electron chi connectivity index (χ4n) is 3.15. The first-order chi connectivity index (χ1) is 13.6. The van der Waals surface area contributed by atoms with Crippen molar-refractivity contribution in [3.05, 3.63) is 52.2 Å². The van der Waals surface area contributed by atoms with Crippen molar-refractivity contribution in [3.8, 4) is 0 Å². The minimum Gasteiger partial charge on any atom is -0.452 e. The van der Waals surface area contributed by atoms with E-state index >= 15 is 0 Å². The zero-order valence-electron chi connectivity index (χ0n) is 15.7. The second-order valence-corrected chi connectivity index (χ2v) is 7.65. The fraction of sp³-hybridized carbons (Fsp3) is 0.381. The molecule has 7 heteroatoms. The van der Waals surface area contributed by atoms with Gasteiger partial charge in [0, 0.05) is 13.1 Å². The summed E-state index contributed by atoms with van der Waals surface area (Å²) in [5, 5.41) is 4.55. The molecule has 0 atom stereocenters. The molecule has 0 radical (unpaired) electrons. The highest BCUT2D eigenvalue weighted by Gasteiger charge is 2.19. The van der Waals surface area contributed by atoms with Gasteiger partial charge in [0.25, 0.3) is 11.8 Å². The monoisotopic (exact) mass is 400 g/mol. The number of likely N-dealkylation sites (tertiary alicyclic amines) is 1. The zero-order chi connectivity index (χ0) is 19.8. The summed E-state index contributed by atoms with van der Waals surface area (Å²) in [7, 11) is 0. The van der Waals surface area contributed by atoms with Gasteiger partial charge in [-0.1, -0.05) is 37.5 Å². The second-order valence-electron chi connectivity index (χ2n) is 6.70. The summed E-state index contributed by atoms with van der Waals surface area (Å²) in [6, 6.07) is 10.1. The van der Waals surface area contributed by atoms with Crippen LogP contribution in [-0.4, -0.2) is 42.4 Å². The van der Waals surface area contributed by atoms with Gasteiger partial charge in [-0.3, -0.25) is 9.59 Å². The molecule has 0 aliphatic carbocycles. The third-order valence-electron chi connectivity index (χ3n) is 4.68. The molecule has 1 fully saturated rings. The van der Waals surface area contributed by atoms with E-state index in [0.29, 0.717) is 23.7 Å². The van der Waals surface area contributed by atoms with Crippen LogP contribution in [0.15, 0.2) is 41.8 Å². The van der Waals surface area contributed by atoms with Crippen LogP contribution in [0.25, 0.3) is 0 Å². The summed E-state index contributed by atoms with van der Waals surface area (Å²) in [5.74, 6) is -1.08. The van der Waals surface area contributed by atoms with Crippen molar-refractivity contribution in [3.63, 3.8) is 0 Å². The van der Waals surface area contributed by atoms with Gasteiger partial charge in [0.1, 0.15) is 0 Å². The highest BCUT2D eigenvalue weighted by Crippen LogP contribution is 2.19. The summed E-state index contributed by atoms with van der Waals surface area (Å²) in [6.45, 7) is 1.14. The molecule has 28 heavy (non-hydrogen) atoms. The molecule has 2 heterocycles. The zero-order valence-corrected chi connectivity index (χ0v) is 16.5. The molecular formula is C21H24N2O4S. The molecule has 0 bridgehead atoms. The highest BCUT2D eigenvalue weighted by atomic mass is 32.1. The number of anilines is 1. The van der Waals surface area contributed by atoms with Crippen molar-refractivity contribution in [1.29, 1.82) is 0 Å². The Morgan fingerprint density at radius 1 is 0.964 bits per heavy atom. The summed E-state index contributed by atoms with van der Waals surface area (Å²) in [5.41, 5.74) is 0.595. The Bertz CT molecular complexity index is 812. The number of hydrogen-bond donors (Lipinski definition) is 1. The van der Waals surface area contributed by atoms with Gasteiger partial charge in [-0.15, -0.1) is 11.3 Å². The Balaban J connectivity index is 1.59. The second kappa shape index (κ2) is 10.0. The number of ether oxygens (including phenoxy) is 1. The van der Waals surface area contributed by atoms with Crippen LogP contribution in [0.4, 0.5) is 5.69 Å². The van der Waals surface area contributed by atoms with Crippen molar-refractivity contribution in [2.45, 2.75) is 32.1 Å². The van der Waals surface area contributed by atoms with Gasteiger partial charge in [-0.05, 0) is 36.4 Å². The van der Waals surface area contributed by atoms with Gasteiger partial charge >= 0.3 is 5.97 Å². The number of nitrogens with zero attached hydrogens (tertiary/aromatic N) is 1. The fourth-order valence-corrected chi connectivity index (χ4v) is 3.77. The molecule has 1 aliphatic rings. The van der Waals surface area contributed by atoms with Crippen LogP contribution >= 0.6 is 11.3 Å². The predicted octanol–water partition coefficient (Wildman–Crippen LogP) is 3.95. The van der Waals surface area contributed by atoms with Crippen LogP contribution in [0.5, 0.6) is 0 Å². The van der Waals surface area contributed by atoms with E-state index in [0.717, 1.165) is 25.7 Å². The number of hydrogen-bond acceptors (Lipinski definition) is 5. The maximum atomic E-state index is 12.5. The average Bonchev–Trinajstić information content (AvgIpc) is 3.21. The minimum atomic E-state index is -0.623. The van der Waals surface area contributed by atoms with Crippen molar-refractivity contribution in [2.75, 3.05) is 25.0 Å². The maximum absolute atomic E-state index is 12.5. The normalized spacial score (nSPS) is 14.6. The quantitative estimate of drug-likeness (QED) is 0.771. The molecule has 1 aromatic carbocycles. The molecule has 1 N–H and O–H groups in total. The van der Waals surface area contributed by atoms with E-state index in [1.165, 1.54) is 17.8 Å². The van der Waals surface area contributed by atoms with Crippen molar-refractivity contribution in [1.82, 2.24) is 4.90 Å². The number of para-hydroxylation sites is 1. The van der Waals surface area contributed by atoms with E-state index in [4.69, 9.17) is 4.74 Å². The van der Waals surface area contributed by atoms with E-state index in [-0.39, 0.29) is 24.0 Å². The summed E-state index contributed by atoms with van der Waals surface area (Å²) >= 11 is 1.32. The largest absolute Gasteiger partial charge is 0.452 e. The first-order valence-corrected chi connectivity index (χ1v) is 10.4. The van der Waals surface area contributed by atoms with Crippen molar-refractivity contribution in [2.24, 2.45) is 0 Å².